The average Bonchev–Trinajstić information content (AvgIpc) is 2.88. The molecule has 7 heteroatoms. The van der Waals surface area contributed by atoms with E-state index in [0.717, 1.165) is 11.6 Å². The lowest BCUT2D eigenvalue weighted by molar-refractivity contribution is -0.123. The zero-order chi connectivity index (χ0) is 13.7. The lowest BCUT2D eigenvalue weighted by atomic mass is 10.3. The van der Waals surface area contributed by atoms with Crippen molar-refractivity contribution in [3.8, 4) is 5.75 Å². The monoisotopic (exact) mass is 283 g/mol. The van der Waals surface area contributed by atoms with Gasteiger partial charge < -0.3 is 10.1 Å². The molecule has 0 fully saturated rings. The van der Waals surface area contributed by atoms with Gasteiger partial charge >= 0.3 is 0 Å². The minimum Gasteiger partial charge on any atom is -0.482 e. The molecule has 0 saturated carbocycles. The fourth-order valence-electron chi connectivity index (χ4n) is 1.36. The first kappa shape index (κ1) is 13.4. The lowest BCUT2D eigenvalue weighted by Gasteiger charge is -2.08. The molecule has 0 aliphatic heterocycles. The highest BCUT2D eigenvalue weighted by Crippen LogP contribution is 2.24. The summed E-state index contributed by atoms with van der Waals surface area (Å²) in [5, 5.41) is 9.16. The molecule has 1 amide bonds. The molecule has 5 nitrogen and oxygen atoms in total. The average molecular weight is 284 g/mol. The van der Waals surface area contributed by atoms with E-state index in [1.54, 1.807) is 12.4 Å². The maximum absolute atomic E-state index is 12.8. The number of carbonyl (C=O) groups excluding carboxylic acids is 1. The van der Waals surface area contributed by atoms with E-state index in [0.29, 0.717) is 6.54 Å². The molecule has 0 radical (unpaired) electrons. The number of carbonyl (C=O) groups is 1. The van der Waals surface area contributed by atoms with Crippen molar-refractivity contribution in [3.63, 3.8) is 0 Å². The summed E-state index contributed by atoms with van der Waals surface area (Å²) in [6.07, 6.45) is 3.29. The Hall–Kier alpha value is -2.08. The molecule has 0 unspecified atom stereocenters. The zero-order valence-corrected chi connectivity index (χ0v) is 10.6. The Balaban J connectivity index is 1.80. The maximum atomic E-state index is 12.8. The topological polar surface area (TPSA) is 67.0 Å². The van der Waals surface area contributed by atoms with E-state index in [4.69, 9.17) is 16.3 Å². The summed E-state index contributed by atoms with van der Waals surface area (Å²) >= 11 is 5.76. The van der Waals surface area contributed by atoms with E-state index >= 15 is 0 Å². The van der Waals surface area contributed by atoms with Crippen molar-refractivity contribution in [2.75, 3.05) is 6.61 Å². The maximum Gasteiger partial charge on any atom is 0.258 e. The highest BCUT2D eigenvalue weighted by atomic mass is 35.5. The number of nitrogens with zero attached hydrogens (tertiary/aromatic N) is 1. The molecule has 2 rings (SSSR count). The highest BCUT2D eigenvalue weighted by molar-refractivity contribution is 6.32. The van der Waals surface area contributed by atoms with Crippen LogP contribution in [0.4, 0.5) is 4.39 Å². The molecule has 0 spiro atoms. The first-order chi connectivity index (χ1) is 9.15. The third-order valence-corrected chi connectivity index (χ3v) is 2.59. The molecule has 1 heterocycles. The van der Waals surface area contributed by atoms with Gasteiger partial charge in [-0.15, -0.1) is 0 Å². The van der Waals surface area contributed by atoms with Crippen molar-refractivity contribution in [1.82, 2.24) is 15.5 Å². The van der Waals surface area contributed by atoms with Gasteiger partial charge in [0, 0.05) is 18.3 Å². The number of nitrogens with one attached hydrogen (secondary N) is 2. The van der Waals surface area contributed by atoms with Crippen molar-refractivity contribution >= 4 is 17.5 Å². The molecule has 2 N–H and O–H groups in total. The standard InChI is InChI=1S/C12H11ClFN3O2/c13-10-3-9(14)1-2-11(10)19-7-12(18)15-4-8-5-16-17-6-8/h1-3,5-6H,4,7H2,(H,15,18)(H,16,17). The van der Waals surface area contributed by atoms with Crippen LogP contribution in [0.2, 0.25) is 5.02 Å². The summed E-state index contributed by atoms with van der Waals surface area (Å²) in [6.45, 7) is 0.166. The Labute approximate surface area is 113 Å². The number of hydrogen-bond donors (Lipinski definition) is 2. The van der Waals surface area contributed by atoms with Crippen molar-refractivity contribution in [2.24, 2.45) is 0 Å². The van der Waals surface area contributed by atoms with Crippen molar-refractivity contribution < 1.29 is 13.9 Å². The quantitative estimate of drug-likeness (QED) is 0.881. The van der Waals surface area contributed by atoms with E-state index in [1.807, 2.05) is 0 Å². The van der Waals surface area contributed by atoms with Gasteiger partial charge in [0.05, 0.1) is 11.2 Å². The second kappa shape index (κ2) is 6.19. The zero-order valence-electron chi connectivity index (χ0n) is 9.82. The number of halogens is 2. The van der Waals surface area contributed by atoms with Crippen molar-refractivity contribution in [1.29, 1.82) is 0 Å². The highest BCUT2D eigenvalue weighted by Gasteiger charge is 2.07. The van der Waals surface area contributed by atoms with E-state index in [2.05, 4.69) is 15.5 Å². The van der Waals surface area contributed by atoms with Crippen LogP contribution in [0.15, 0.2) is 30.6 Å². The van der Waals surface area contributed by atoms with Gasteiger partial charge in [-0.3, -0.25) is 9.89 Å². The molecule has 1 aromatic heterocycles. The summed E-state index contributed by atoms with van der Waals surface area (Å²) in [4.78, 5) is 11.5. The van der Waals surface area contributed by atoms with Crippen LogP contribution < -0.4 is 10.1 Å². The van der Waals surface area contributed by atoms with Crippen LogP contribution in [0.5, 0.6) is 5.75 Å². The second-order valence-electron chi connectivity index (χ2n) is 3.75. The summed E-state index contributed by atoms with van der Waals surface area (Å²) in [7, 11) is 0. The van der Waals surface area contributed by atoms with Gasteiger partial charge in [-0.05, 0) is 18.2 Å². The molecule has 0 bridgehead atoms. The normalized spacial score (nSPS) is 10.2. The summed E-state index contributed by atoms with van der Waals surface area (Å²) < 4.78 is 18.0. The minimum atomic E-state index is -0.457. The van der Waals surface area contributed by atoms with Gasteiger partial charge in [0.2, 0.25) is 0 Å². The molecule has 0 saturated heterocycles. The first-order valence-electron chi connectivity index (χ1n) is 5.47. The van der Waals surface area contributed by atoms with Crippen molar-refractivity contribution in [3.05, 3.63) is 47.0 Å². The number of H-pyrrole nitrogens is 1. The Morgan fingerprint density at radius 3 is 3.05 bits per heavy atom. The van der Waals surface area contributed by atoms with Gasteiger partial charge in [-0.25, -0.2) is 4.39 Å². The molecule has 0 aliphatic rings. The van der Waals surface area contributed by atoms with Crippen LogP contribution in [-0.4, -0.2) is 22.7 Å². The number of ether oxygens (including phenoxy) is 1. The Kier molecular flexibility index (Phi) is 4.35. The summed E-state index contributed by atoms with van der Waals surface area (Å²) in [5.74, 6) is -0.495. The van der Waals surface area contributed by atoms with Gasteiger partial charge in [0.1, 0.15) is 11.6 Å². The summed E-state index contributed by atoms with van der Waals surface area (Å²) in [5.41, 5.74) is 0.855. The second-order valence-corrected chi connectivity index (χ2v) is 4.15. The van der Waals surface area contributed by atoms with Gasteiger partial charge in [-0.2, -0.15) is 5.10 Å². The molecule has 1 aromatic carbocycles. The van der Waals surface area contributed by atoms with Gasteiger partial charge in [-0.1, -0.05) is 11.6 Å². The molecular formula is C12H11ClFN3O2. The van der Waals surface area contributed by atoms with Crippen LogP contribution in [0.25, 0.3) is 0 Å². The summed E-state index contributed by atoms with van der Waals surface area (Å²) in [6, 6.07) is 3.71. The number of hydrogen-bond acceptors (Lipinski definition) is 3. The number of benzene rings is 1. The third kappa shape index (κ3) is 3.96. The molecule has 2 aromatic rings. The van der Waals surface area contributed by atoms with Crippen LogP contribution >= 0.6 is 11.6 Å². The van der Waals surface area contributed by atoms with Crippen molar-refractivity contribution in [2.45, 2.75) is 6.54 Å². The number of aromatic amines is 1. The molecule has 0 aliphatic carbocycles. The minimum absolute atomic E-state index is 0.127. The largest absolute Gasteiger partial charge is 0.482 e. The fraction of sp³-hybridized carbons (Fsp3) is 0.167. The number of aromatic nitrogens is 2. The predicted octanol–water partition coefficient (Wildman–Crippen LogP) is 1.90. The Bertz CT molecular complexity index is 560. The van der Waals surface area contributed by atoms with Gasteiger partial charge in [0.15, 0.2) is 6.61 Å². The SMILES string of the molecule is O=C(COc1ccc(F)cc1Cl)NCc1cn[nH]c1. The molecule has 0 atom stereocenters. The van der Waals surface area contributed by atoms with Crippen LogP contribution in [0.3, 0.4) is 0 Å². The van der Waals surface area contributed by atoms with E-state index in [1.165, 1.54) is 12.1 Å². The third-order valence-electron chi connectivity index (χ3n) is 2.30. The van der Waals surface area contributed by atoms with Gasteiger partial charge in [0.25, 0.3) is 5.91 Å². The Morgan fingerprint density at radius 2 is 2.37 bits per heavy atom. The van der Waals surface area contributed by atoms with E-state index < -0.39 is 5.82 Å². The molecular weight excluding hydrogens is 273 g/mol. The number of rotatable bonds is 5. The fourth-order valence-corrected chi connectivity index (χ4v) is 1.58. The lowest BCUT2D eigenvalue weighted by Crippen LogP contribution is -2.28. The van der Waals surface area contributed by atoms with Crippen LogP contribution in [-0.2, 0) is 11.3 Å². The van der Waals surface area contributed by atoms with E-state index in [-0.39, 0.29) is 23.3 Å². The predicted molar refractivity (Wildman–Crippen MR) is 67.3 cm³/mol. The number of amides is 1. The first-order valence-corrected chi connectivity index (χ1v) is 5.85. The molecule has 100 valence electrons. The molecule has 19 heavy (non-hydrogen) atoms. The van der Waals surface area contributed by atoms with Crippen LogP contribution in [0.1, 0.15) is 5.56 Å². The Morgan fingerprint density at radius 1 is 1.53 bits per heavy atom. The smallest absolute Gasteiger partial charge is 0.258 e. The van der Waals surface area contributed by atoms with E-state index in [9.17, 15) is 9.18 Å². The van der Waals surface area contributed by atoms with Crippen LogP contribution in [0, 0.1) is 5.82 Å².